The zero-order valence-electron chi connectivity index (χ0n) is 21.9. The Kier molecular flexibility index (Phi) is 19.4. The van der Waals surface area contributed by atoms with Crippen LogP contribution in [0.25, 0.3) is 0 Å². The quantitative estimate of drug-likeness (QED) is 0.161. The lowest BCUT2D eigenvalue weighted by atomic mass is 10.2. The van der Waals surface area contributed by atoms with Crippen molar-refractivity contribution in [3.05, 3.63) is 0 Å². The Morgan fingerprint density at radius 1 is 0.629 bits per heavy atom. The number of esters is 1. The Bertz CT molecular complexity index is 534. The van der Waals surface area contributed by atoms with E-state index in [9.17, 15) is 19.2 Å². The highest BCUT2D eigenvalue weighted by molar-refractivity contribution is 5.69. The second-order valence-electron chi connectivity index (χ2n) is 9.70. The molecule has 208 valence electrons. The molecule has 1 rings (SSSR count). The van der Waals surface area contributed by atoms with E-state index in [4.69, 9.17) is 20.5 Å². The van der Waals surface area contributed by atoms with Gasteiger partial charge in [0.1, 0.15) is 16.8 Å². The molecule has 14 heteroatoms. The summed E-state index contributed by atoms with van der Waals surface area (Å²) in [4.78, 5) is 50.7. The Morgan fingerprint density at radius 3 is 1.17 bits per heavy atom. The number of cyclic esters (lactones) is 1. The summed E-state index contributed by atoms with van der Waals surface area (Å²) in [5.74, 6) is -0.0255. The Balaban J connectivity index is -0.000000390. The third kappa shape index (κ3) is 35.9. The molecule has 1 heterocycles. The highest BCUT2D eigenvalue weighted by Crippen LogP contribution is 2.08. The molecule has 0 unspecified atom stereocenters. The first kappa shape index (κ1) is 36.7. The standard InChI is InChI=1S/C6H10O2.3C5H10O4/c7-6-4-2-1-3-5-8-6;3*1-5(2,3)8-4(6)9-7/h1-5H2;3*7H,1-3H3. The summed E-state index contributed by atoms with van der Waals surface area (Å²) < 4.78 is 18.2. The Hall–Kier alpha value is -2.84. The third-order valence-electron chi connectivity index (χ3n) is 2.68. The molecule has 0 bridgehead atoms. The van der Waals surface area contributed by atoms with E-state index >= 15 is 0 Å². The largest absolute Gasteiger partial charge is 0.540 e. The Morgan fingerprint density at radius 2 is 0.943 bits per heavy atom. The lowest BCUT2D eigenvalue weighted by molar-refractivity contribution is -0.210. The van der Waals surface area contributed by atoms with Crippen molar-refractivity contribution in [2.45, 2.75) is 105 Å². The molecule has 0 spiro atoms. The van der Waals surface area contributed by atoms with E-state index in [1.165, 1.54) is 0 Å². The van der Waals surface area contributed by atoms with E-state index < -0.39 is 35.3 Å². The fraction of sp³-hybridized carbons (Fsp3) is 0.810. The number of ether oxygens (including phenoxy) is 4. The van der Waals surface area contributed by atoms with Crippen molar-refractivity contribution in [1.82, 2.24) is 0 Å². The molecule has 14 nitrogen and oxygen atoms in total. The van der Waals surface area contributed by atoms with Crippen molar-refractivity contribution in [2.24, 2.45) is 0 Å². The van der Waals surface area contributed by atoms with Gasteiger partial charge in [0, 0.05) is 6.42 Å². The van der Waals surface area contributed by atoms with Gasteiger partial charge in [-0.05, 0) is 81.6 Å². The summed E-state index contributed by atoms with van der Waals surface area (Å²) in [5.41, 5.74) is -1.83. The molecule has 1 aliphatic rings. The maximum atomic E-state index is 10.5. The molecule has 0 aliphatic carbocycles. The first-order valence-electron chi connectivity index (χ1n) is 10.5. The fourth-order valence-electron chi connectivity index (χ4n) is 1.61. The lowest BCUT2D eigenvalue weighted by Crippen LogP contribution is -2.23. The molecular weight excluding hydrogens is 476 g/mol. The molecule has 1 saturated heterocycles. The highest BCUT2D eigenvalue weighted by Gasteiger charge is 2.18. The van der Waals surface area contributed by atoms with E-state index in [1.807, 2.05) is 0 Å². The van der Waals surface area contributed by atoms with Crippen molar-refractivity contribution in [1.29, 1.82) is 0 Å². The second-order valence-corrected chi connectivity index (χ2v) is 9.70. The van der Waals surface area contributed by atoms with E-state index in [-0.39, 0.29) is 5.97 Å². The van der Waals surface area contributed by atoms with Gasteiger partial charge in [-0.3, -0.25) is 19.5 Å². The monoisotopic (exact) mass is 516 g/mol. The van der Waals surface area contributed by atoms with E-state index in [0.717, 1.165) is 19.3 Å². The molecular formula is C21H40O14. The number of carbonyl (C=O) groups excluding carboxylic acids is 4. The summed E-state index contributed by atoms with van der Waals surface area (Å²) in [7, 11) is 0. The molecule has 1 fully saturated rings. The van der Waals surface area contributed by atoms with Gasteiger partial charge >= 0.3 is 24.4 Å². The van der Waals surface area contributed by atoms with Crippen LogP contribution in [0.15, 0.2) is 0 Å². The van der Waals surface area contributed by atoms with Crippen LogP contribution in [0, 0.1) is 0 Å². The number of carbonyl (C=O) groups is 4. The number of hydrogen-bond donors (Lipinski definition) is 3. The van der Waals surface area contributed by atoms with Crippen molar-refractivity contribution in [2.75, 3.05) is 6.61 Å². The molecule has 0 atom stereocenters. The smallest absolute Gasteiger partial charge is 0.466 e. The van der Waals surface area contributed by atoms with Gasteiger partial charge in [-0.15, -0.1) is 0 Å². The molecule has 1 aliphatic heterocycles. The van der Waals surface area contributed by atoms with E-state index in [0.29, 0.717) is 13.0 Å². The number of rotatable bonds is 0. The molecule has 0 aromatic carbocycles. The highest BCUT2D eigenvalue weighted by atomic mass is 17.2. The van der Waals surface area contributed by atoms with Crippen molar-refractivity contribution < 1.29 is 68.6 Å². The van der Waals surface area contributed by atoms with Crippen LogP contribution in [0.5, 0.6) is 0 Å². The van der Waals surface area contributed by atoms with Crippen LogP contribution in [0.1, 0.15) is 88.0 Å². The van der Waals surface area contributed by atoms with Crippen molar-refractivity contribution in [3.63, 3.8) is 0 Å². The van der Waals surface area contributed by atoms with E-state index in [1.54, 1.807) is 62.3 Å². The van der Waals surface area contributed by atoms with Gasteiger partial charge in [0.2, 0.25) is 0 Å². The van der Waals surface area contributed by atoms with Crippen LogP contribution in [0.4, 0.5) is 14.4 Å². The average Bonchev–Trinajstić information content (AvgIpc) is 2.93. The Labute approximate surface area is 205 Å². The predicted molar refractivity (Wildman–Crippen MR) is 119 cm³/mol. The van der Waals surface area contributed by atoms with Gasteiger partial charge in [0.15, 0.2) is 0 Å². The van der Waals surface area contributed by atoms with Crippen LogP contribution >= 0.6 is 0 Å². The van der Waals surface area contributed by atoms with Crippen LogP contribution in [-0.2, 0) is 38.4 Å². The number of hydrogen-bond acceptors (Lipinski definition) is 14. The molecule has 35 heavy (non-hydrogen) atoms. The fourth-order valence-corrected chi connectivity index (χ4v) is 1.61. The summed E-state index contributed by atoms with van der Waals surface area (Å²) in [6.07, 6.45) is 0.587. The minimum atomic E-state index is -1.08. The van der Waals surface area contributed by atoms with Gasteiger partial charge < -0.3 is 18.9 Å². The summed E-state index contributed by atoms with van der Waals surface area (Å²) >= 11 is 0. The molecule has 0 amide bonds. The topological polar surface area (TPSA) is 194 Å². The lowest BCUT2D eigenvalue weighted by Gasteiger charge is -2.16. The minimum Gasteiger partial charge on any atom is -0.466 e. The zero-order valence-corrected chi connectivity index (χ0v) is 21.9. The normalized spacial score (nSPS) is 13.2. The zero-order chi connectivity index (χ0) is 28.3. The molecule has 3 N–H and O–H groups in total. The van der Waals surface area contributed by atoms with Crippen LogP contribution < -0.4 is 0 Å². The van der Waals surface area contributed by atoms with Gasteiger partial charge in [-0.1, -0.05) is 0 Å². The van der Waals surface area contributed by atoms with Crippen LogP contribution in [0.2, 0.25) is 0 Å². The first-order valence-corrected chi connectivity index (χ1v) is 10.5. The van der Waals surface area contributed by atoms with Crippen molar-refractivity contribution in [3.8, 4) is 0 Å². The van der Waals surface area contributed by atoms with Crippen molar-refractivity contribution >= 4 is 24.4 Å². The predicted octanol–water partition coefficient (Wildman–Crippen LogP) is 5.34. The second kappa shape index (κ2) is 18.5. The van der Waals surface area contributed by atoms with E-state index in [2.05, 4.69) is 28.9 Å². The molecule has 0 saturated carbocycles. The molecule has 0 radical (unpaired) electrons. The molecule has 0 aromatic heterocycles. The van der Waals surface area contributed by atoms with Crippen LogP contribution in [-0.4, -0.2) is 63.6 Å². The van der Waals surface area contributed by atoms with Gasteiger partial charge in [-0.2, -0.15) is 15.8 Å². The third-order valence-corrected chi connectivity index (χ3v) is 2.68. The SMILES string of the molecule is CC(C)(C)OC(=O)OO.CC(C)(C)OC(=O)OO.CC(C)(C)OC(=O)OO.O=C1CCCCCO1. The van der Waals surface area contributed by atoms with Gasteiger partial charge in [-0.25, -0.2) is 14.4 Å². The summed E-state index contributed by atoms with van der Waals surface area (Å²) in [6.45, 7) is 15.7. The summed E-state index contributed by atoms with van der Waals surface area (Å²) in [6, 6.07) is 0. The molecule has 0 aromatic rings. The van der Waals surface area contributed by atoms with Gasteiger partial charge in [0.05, 0.1) is 6.61 Å². The maximum absolute atomic E-state index is 10.5. The van der Waals surface area contributed by atoms with Gasteiger partial charge in [0.25, 0.3) is 0 Å². The minimum absolute atomic E-state index is 0.0255. The summed E-state index contributed by atoms with van der Waals surface area (Å²) in [5, 5.41) is 23.2. The maximum Gasteiger partial charge on any atom is 0.540 e. The first-order chi connectivity index (χ1) is 15.8. The van der Waals surface area contributed by atoms with Crippen LogP contribution in [0.3, 0.4) is 0 Å². The average molecular weight is 517 g/mol.